The summed E-state index contributed by atoms with van der Waals surface area (Å²) in [6, 6.07) is 27.3. The first-order valence-electron chi connectivity index (χ1n) is 9.10. The van der Waals surface area contributed by atoms with Crippen molar-refractivity contribution < 1.29 is 8.42 Å². The molecule has 1 saturated heterocycles. The Balaban J connectivity index is 1.47. The fraction of sp³-hybridized carbons (Fsp3) is 0.182. The van der Waals surface area contributed by atoms with Crippen LogP contribution in [0.1, 0.15) is 0 Å². The van der Waals surface area contributed by atoms with Gasteiger partial charge in [-0.3, -0.25) is 0 Å². The van der Waals surface area contributed by atoms with Crippen molar-refractivity contribution in [2.45, 2.75) is 4.90 Å². The maximum atomic E-state index is 13.0. The molecule has 27 heavy (non-hydrogen) atoms. The fourth-order valence-electron chi connectivity index (χ4n) is 3.42. The van der Waals surface area contributed by atoms with Gasteiger partial charge < -0.3 is 4.90 Å². The van der Waals surface area contributed by atoms with Crippen LogP contribution in [0.2, 0.25) is 0 Å². The Kier molecular flexibility index (Phi) is 4.97. The van der Waals surface area contributed by atoms with Crippen molar-refractivity contribution in [3.05, 3.63) is 84.9 Å². The van der Waals surface area contributed by atoms with Crippen molar-refractivity contribution in [3.63, 3.8) is 0 Å². The van der Waals surface area contributed by atoms with Gasteiger partial charge in [0.25, 0.3) is 0 Å². The lowest BCUT2D eigenvalue weighted by molar-refractivity contribution is 0.385. The third kappa shape index (κ3) is 3.75. The predicted molar refractivity (Wildman–Crippen MR) is 109 cm³/mol. The number of benzene rings is 3. The minimum Gasteiger partial charge on any atom is -0.369 e. The molecule has 1 heterocycles. The maximum absolute atomic E-state index is 13.0. The third-order valence-corrected chi connectivity index (χ3v) is 6.87. The van der Waals surface area contributed by atoms with E-state index < -0.39 is 10.0 Å². The molecule has 0 bridgehead atoms. The van der Waals surface area contributed by atoms with Gasteiger partial charge in [0.15, 0.2) is 0 Å². The first kappa shape index (κ1) is 17.8. The molecule has 0 unspecified atom stereocenters. The summed E-state index contributed by atoms with van der Waals surface area (Å²) in [5.74, 6) is 0. The second-order valence-electron chi connectivity index (χ2n) is 6.62. The molecule has 4 rings (SSSR count). The topological polar surface area (TPSA) is 40.6 Å². The zero-order valence-electron chi connectivity index (χ0n) is 15.0. The Hall–Kier alpha value is -2.63. The van der Waals surface area contributed by atoms with Crippen LogP contribution in [-0.4, -0.2) is 38.9 Å². The number of hydrogen-bond acceptors (Lipinski definition) is 3. The second-order valence-corrected chi connectivity index (χ2v) is 8.56. The summed E-state index contributed by atoms with van der Waals surface area (Å²) >= 11 is 0. The van der Waals surface area contributed by atoms with Gasteiger partial charge in [-0.05, 0) is 35.4 Å². The van der Waals surface area contributed by atoms with Crippen molar-refractivity contribution >= 4 is 15.7 Å². The van der Waals surface area contributed by atoms with Gasteiger partial charge >= 0.3 is 0 Å². The molecular formula is C22H22N2O2S. The SMILES string of the molecule is O=S(=O)(c1ccc(-c2ccccc2)cc1)N1CCN(c2ccccc2)CC1. The zero-order valence-corrected chi connectivity index (χ0v) is 15.8. The molecule has 1 fully saturated rings. The van der Waals surface area contributed by atoms with E-state index in [1.54, 1.807) is 16.4 Å². The molecular weight excluding hydrogens is 356 g/mol. The number of sulfonamides is 1. The standard InChI is InChI=1S/C22H22N2O2S/c25-27(26,22-13-11-20(12-14-22)19-7-3-1-4-8-19)24-17-15-23(16-18-24)21-9-5-2-6-10-21/h1-14H,15-18H2. The highest BCUT2D eigenvalue weighted by Crippen LogP contribution is 2.24. The van der Waals surface area contributed by atoms with Gasteiger partial charge in [-0.2, -0.15) is 4.31 Å². The van der Waals surface area contributed by atoms with Gasteiger partial charge in [0.2, 0.25) is 10.0 Å². The van der Waals surface area contributed by atoms with Crippen LogP contribution in [0.15, 0.2) is 89.8 Å². The molecule has 138 valence electrons. The quantitative estimate of drug-likeness (QED) is 0.692. The summed E-state index contributed by atoms with van der Waals surface area (Å²) in [7, 11) is -3.46. The lowest BCUT2D eigenvalue weighted by Gasteiger charge is -2.35. The smallest absolute Gasteiger partial charge is 0.243 e. The number of para-hydroxylation sites is 1. The van der Waals surface area contributed by atoms with Gasteiger partial charge in [-0.25, -0.2) is 8.42 Å². The van der Waals surface area contributed by atoms with Crippen molar-refractivity contribution in [2.24, 2.45) is 0 Å². The highest BCUT2D eigenvalue weighted by atomic mass is 32.2. The van der Waals surface area contributed by atoms with E-state index in [9.17, 15) is 8.42 Å². The molecule has 0 radical (unpaired) electrons. The van der Waals surface area contributed by atoms with Crippen LogP contribution in [0.25, 0.3) is 11.1 Å². The Morgan fingerprint density at radius 1 is 0.593 bits per heavy atom. The van der Waals surface area contributed by atoms with Crippen LogP contribution in [-0.2, 0) is 10.0 Å². The highest BCUT2D eigenvalue weighted by molar-refractivity contribution is 7.89. The van der Waals surface area contributed by atoms with Gasteiger partial charge in [-0.1, -0.05) is 60.7 Å². The van der Waals surface area contributed by atoms with Gasteiger partial charge in [0, 0.05) is 31.9 Å². The minimum atomic E-state index is -3.46. The van der Waals surface area contributed by atoms with Gasteiger partial charge in [-0.15, -0.1) is 0 Å². The van der Waals surface area contributed by atoms with Crippen LogP contribution < -0.4 is 4.90 Å². The first-order valence-corrected chi connectivity index (χ1v) is 10.5. The number of anilines is 1. The van der Waals surface area contributed by atoms with Gasteiger partial charge in [0.05, 0.1) is 4.90 Å². The normalized spacial score (nSPS) is 15.6. The number of piperazine rings is 1. The van der Waals surface area contributed by atoms with E-state index >= 15 is 0 Å². The van der Waals surface area contributed by atoms with Crippen molar-refractivity contribution in [2.75, 3.05) is 31.1 Å². The monoisotopic (exact) mass is 378 g/mol. The van der Waals surface area contributed by atoms with Crippen molar-refractivity contribution in [1.29, 1.82) is 0 Å². The molecule has 0 aliphatic carbocycles. The maximum Gasteiger partial charge on any atom is 0.243 e. The van der Waals surface area contributed by atoms with E-state index in [1.165, 1.54) is 0 Å². The zero-order chi connectivity index (χ0) is 18.7. The van der Waals surface area contributed by atoms with Crippen molar-refractivity contribution in [1.82, 2.24) is 4.31 Å². The van der Waals surface area contributed by atoms with E-state index in [0.29, 0.717) is 31.1 Å². The van der Waals surface area contributed by atoms with E-state index in [4.69, 9.17) is 0 Å². The van der Waals surface area contributed by atoms with Crippen LogP contribution in [0.5, 0.6) is 0 Å². The molecule has 0 N–H and O–H groups in total. The Bertz CT molecular complexity index is 980. The van der Waals surface area contributed by atoms with Crippen LogP contribution in [0, 0.1) is 0 Å². The first-order chi connectivity index (χ1) is 13.1. The molecule has 0 atom stereocenters. The molecule has 3 aromatic rings. The molecule has 3 aromatic carbocycles. The summed E-state index contributed by atoms with van der Waals surface area (Å²) < 4.78 is 27.6. The summed E-state index contributed by atoms with van der Waals surface area (Å²) in [6.45, 7) is 2.39. The third-order valence-electron chi connectivity index (χ3n) is 4.96. The van der Waals surface area contributed by atoms with E-state index in [0.717, 1.165) is 16.8 Å². The van der Waals surface area contributed by atoms with Crippen LogP contribution in [0.3, 0.4) is 0 Å². The molecule has 1 aliphatic heterocycles. The minimum absolute atomic E-state index is 0.357. The average Bonchev–Trinajstić information content (AvgIpc) is 2.75. The predicted octanol–water partition coefficient (Wildman–Crippen LogP) is 3.86. The summed E-state index contributed by atoms with van der Waals surface area (Å²) in [5.41, 5.74) is 3.24. The lowest BCUT2D eigenvalue weighted by Crippen LogP contribution is -2.48. The van der Waals surface area contributed by atoms with E-state index in [-0.39, 0.29) is 0 Å². The largest absolute Gasteiger partial charge is 0.369 e. The van der Waals surface area contributed by atoms with Crippen molar-refractivity contribution in [3.8, 4) is 11.1 Å². The number of rotatable bonds is 4. The molecule has 1 aliphatic rings. The van der Waals surface area contributed by atoms with Gasteiger partial charge in [0.1, 0.15) is 0 Å². The van der Waals surface area contributed by atoms with E-state index in [2.05, 4.69) is 17.0 Å². The van der Waals surface area contributed by atoms with Crippen LogP contribution in [0.4, 0.5) is 5.69 Å². The molecule has 5 heteroatoms. The molecule has 0 amide bonds. The summed E-state index contributed by atoms with van der Waals surface area (Å²) in [6.07, 6.45) is 0. The Morgan fingerprint density at radius 3 is 1.70 bits per heavy atom. The molecule has 0 spiro atoms. The number of nitrogens with zero attached hydrogens (tertiary/aromatic N) is 2. The summed E-state index contributed by atoms with van der Waals surface area (Å²) in [4.78, 5) is 2.58. The molecule has 0 aromatic heterocycles. The molecule has 4 nitrogen and oxygen atoms in total. The summed E-state index contributed by atoms with van der Waals surface area (Å²) in [5, 5.41) is 0. The fourth-order valence-corrected chi connectivity index (χ4v) is 4.85. The second kappa shape index (κ2) is 7.55. The lowest BCUT2D eigenvalue weighted by atomic mass is 10.1. The number of hydrogen-bond donors (Lipinski definition) is 0. The Labute approximate surface area is 160 Å². The molecule has 0 saturated carbocycles. The van der Waals surface area contributed by atoms with Crippen LogP contribution >= 0.6 is 0 Å². The highest BCUT2D eigenvalue weighted by Gasteiger charge is 2.28. The average molecular weight is 378 g/mol. The van der Waals surface area contributed by atoms with E-state index in [1.807, 2.05) is 60.7 Å². The Morgan fingerprint density at radius 2 is 1.11 bits per heavy atom.